The van der Waals surface area contributed by atoms with Crippen LogP contribution in [0.4, 0.5) is 0 Å². The Kier molecular flexibility index (Phi) is 3.19. The van der Waals surface area contributed by atoms with E-state index >= 15 is 0 Å². The fourth-order valence-electron chi connectivity index (χ4n) is 1.49. The Morgan fingerprint density at radius 3 is 3.07 bits per heavy atom. The van der Waals surface area contributed by atoms with Gasteiger partial charge in [-0.2, -0.15) is 5.10 Å². The molecule has 0 radical (unpaired) electrons. The van der Waals surface area contributed by atoms with Gasteiger partial charge in [-0.15, -0.1) is 0 Å². The van der Waals surface area contributed by atoms with E-state index in [1.807, 2.05) is 30.1 Å². The first-order valence-corrected chi connectivity index (χ1v) is 5.05. The summed E-state index contributed by atoms with van der Waals surface area (Å²) in [6.45, 7) is 1.80. The Morgan fingerprint density at radius 1 is 1.47 bits per heavy atom. The molecular formula is C11H15N3O. The van der Waals surface area contributed by atoms with E-state index in [4.69, 9.17) is 4.42 Å². The molecule has 4 nitrogen and oxygen atoms in total. The maximum atomic E-state index is 4.98. The van der Waals surface area contributed by atoms with E-state index in [0.29, 0.717) is 0 Å². The number of aromatic nitrogens is 2. The van der Waals surface area contributed by atoms with Gasteiger partial charge in [0.1, 0.15) is 0 Å². The molecule has 0 saturated carbocycles. The summed E-state index contributed by atoms with van der Waals surface area (Å²) in [6.07, 6.45) is 6.27. The van der Waals surface area contributed by atoms with Gasteiger partial charge in [-0.25, -0.2) is 0 Å². The number of rotatable bonds is 5. The number of aryl methyl sites for hydroxylation is 1. The quantitative estimate of drug-likeness (QED) is 0.749. The molecule has 2 heterocycles. The van der Waals surface area contributed by atoms with Gasteiger partial charge in [0.25, 0.3) is 0 Å². The fourth-order valence-corrected chi connectivity index (χ4v) is 1.49. The lowest BCUT2D eigenvalue weighted by atomic mass is 10.3. The van der Waals surface area contributed by atoms with Crippen molar-refractivity contribution in [1.82, 2.24) is 15.1 Å². The van der Waals surface area contributed by atoms with Crippen LogP contribution in [0.1, 0.15) is 11.3 Å². The van der Waals surface area contributed by atoms with Crippen molar-refractivity contribution in [3.8, 4) is 0 Å². The number of hydrogen-bond acceptors (Lipinski definition) is 3. The van der Waals surface area contributed by atoms with Crippen molar-refractivity contribution < 1.29 is 4.42 Å². The molecule has 0 atom stereocenters. The molecule has 2 aromatic heterocycles. The Balaban J connectivity index is 1.70. The maximum absolute atomic E-state index is 4.98. The highest BCUT2D eigenvalue weighted by Crippen LogP contribution is 1.99. The van der Waals surface area contributed by atoms with Crippen LogP contribution in [-0.4, -0.2) is 16.3 Å². The molecule has 0 bridgehead atoms. The van der Waals surface area contributed by atoms with Crippen LogP contribution in [0.15, 0.2) is 35.3 Å². The largest absolute Gasteiger partial charge is 0.472 e. The second kappa shape index (κ2) is 4.79. The Bertz CT molecular complexity index is 392. The molecule has 2 rings (SSSR count). The number of nitrogens with zero attached hydrogens (tertiary/aromatic N) is 2. The summed E-state index contributed by atoms with van der Waals surface area (Å²) in [5.74, 6) is 0. The molecule has 80 valence electrons. The van der Waals surface area contributed by atoms with Crippen molar-refractivity contribution in [2.45, 2.75) is 13.0 Å². The minimum absolute atomic E-state index is 0.856. The molecular weight excluding hydrogens is 190 g/mol. The molecule has 2 aromatic rings. The first-order chi connectivity index (χ1) is 7.36. The van der Waals surface area contributed by atoms with Crippen molar-refractivity contribution in [3.63, 3.8) is 0 Å². The third-order valence-corrected chi connectivity index (χ3v) is 2.39. The molecule has 0 fully saturated rings. The molecule has 15 heavy (non-hydrogen) atoms. The molecule has 0 amide bonds. The first kappa shape index (κ1) is 9.98. The summed E-state index contributed by atoms with van der Waals surface area (Å²) < 4.78 is 6.88. The minimum atomic E-state index is 0.856. The van der Waals surface area contributed by atoms with Crippen LogP contribution in [0.5, 0.6) is 0 Å². The Morgan fingerprint density at radius 2 is 2.40 bits per heavy atom. The summed E-state index contributed by atoms with van der Waals surface area (Å²) >= 11 is 0. The summed E-state index contributed by atoms with van der Waals surface area (Å²) in [4.78, 5) is 0. The van der Waals surface area contributed by atoms with Crippen LogP contribution in [0.25, 0.3) is 0 Å². The highest BCUT2D eigenvalue weighted by Gasteiger charge is 1.98. The molecule has 0 aliphatic rings. The van der Waals surface area contributed by atoms with Gasteiger partial charge in [0.05, 0.1) is 12.5 Å². The van der Waals surface area contributed by atoms with Crippen molar-refractivity contribution in [2.24, 2.45) is 7.05 Å². The highest BCUT2D eigenvalue weighted by atomic mass is 16.3. The van der Waals surface area contributed by atoms with Crippen LogP contribution < -0.4 is 5.32 Å². The van der Waals surface area contributed by atoms with Gasteiger partial charge in [0.2, 0.25) is 0 Å². The molecule has 0 saturated heterocycles. The second-order valence-electron chi connectivity index (χ2n) is 3.50. The van der Waals surface area contributed by atoms with E-state index in [9.17, 15) is 0 Å². The van der Waals surface area contributed by atoms with Gasteiger partial charge in [0.15, 0.2) is 0 Å². The Hall–Kier alpha value is -1.55. The average molecular weight is 205 g/mol. The van der Waals surface area contributed by atoms with Crippen LogP contribution in [-0.2, 0) is 20.0 Å². The van der Waals surface area contributed by atoms with Gasteiger partial charge >= 0.3 is 0 Å². The van der Waals surface area contributed by atoms with Crippen LogP contribution >= 0.6 is 0 Å². The number of furan rings is 1. The molecule has 0 aliphatic heterocycles. The third kappa shape index (κ3) is 2.70. The maximum Gasteiger partial charge on any atom is 0.0947 e. The topological polar surface area (TPSA) is 43.0 Å². The predicted octanol–water partition coefficient (Wildman–Crippen LogP) is 1.35. The molecule has 1 N–H and O–H groups in total. The fraction of sp³-hybridized carbons (Fsp3) is 0.364. The van der Waals surface area contributed by atoms with E-state index in [1.54, 1.807) is 12.5 Å². The van der Waals surface area contributed by atoms with Crippen LogP contribution in [0.2, 0.25) is 0 Å². The standard InChI is InChI=1S/C11H15N3O/c1-14-11(3-6-13-14)2-5-12-8-10-4-7-15-9-10/h3-4,6-7,9,12H,2,5,8H2,1H3. The van der Waals surface area contributed by atoms with Crippen molar-refractivity contribution in [3.05, 3.63) is 42.1 Å². The normalized spacial score (nSPS) is 10.7. The monoisotopic (exact) mass is 205 g/mol. The summed E-state index contributed by atoms with van der Waals surface area (Å²) in [5, 5.41) is 7.47. The van der Waals surface area contributed by atoms with E-state index in [0.717, 1.165) is 19.5 Å². The molecule has 0 aromatic carbocycles. The smallest absolute Gasteiger partial charge is 0.0947 e. The zero-order valence-corrected chi connectivity index (χ0v) is 8.81. The zero-order valence-electron chi connectivity index (χ0n) is 8.81. The minimum Gasteiger partial charge on any atom is -0.472 e. The molecule has 0 spiro atoms. The van der Waals surface area contributed by atoms with Gasteiger partial charge in [-0.1, -0.05) is 0 Å². The van der Waals surface area contributed by atoms with E-state index in [-0.39, 0.29) is 0 Å². The predicted molar refractivity (Wildman–Crippen MR) is 57.3 cm³/mol. The second-order valence-corrected chi connectivity index (χ2v) is 3.50. The molecule has 0 unspecified atom stereocenters. The van der Waals surface area contributed by atoms with Crippen molar-refractivity contribution >= 4 is 0 Å². The van der Waals surface area contributed by atoms with E-state index in [2.05, 4.69) is 10.4 Å². The van der Waals surface area contributed by atoms with Crippen molar-refractivity contribution in [1.29, 1.82) is 0 Å². The summed E-state index contributed by atoms with van der Waals surface area (Å²) in [5.41, 5.74) is 2.43. The van der Waals surface area contributed by atoms with Gasteiger partial charge in [-0.05, 0) is 12.1 Å². The van der Waals surface area contributed by atoms with Gasteiger partial charge < -0.3 is 9.73 Å². The number of nitrogens with one attached hydrogen (secondary N) is 1. The van der Waals surface area contributed by atoms with E-state index in [1.165, 1.54) is 11.3 Å². The lowest BCUT2D eigenvalue weighted by Crippen LogP contribution is -2.17. The highest BCUT2D eigenvalue weighted by molar-refractivity contribution is 5.05. The summed E-state index contributed by atoms with van der Waals surface area (Å²) in [7, 11) is 1.96. The third-order valence-electron chi connectivity index (χ3n) is 2.39. The lowest BCUT2D eigenvalue weighted by Gasteiger charge is -2.03. The lowest BCUT2D eigenvalue weighted by molar-refractivity contribution is 0.560. The SMILES string of the molecule is Cn1nccc1CCNCc1ccoc1. The van der Waals surface area contributed by atoms with E-state index < -0.39 is 0 Å². The van der Waals surface area contributed by atoms with Gasteiger partial charge in [-0.3, -0.25) is 4.68 Å². The average Bonchev–Trinajstić information content (AvgIpc) is 2.85. The van der Waals surface area contributed by atoms with Gasteiger partial charge in [0, 0.05) is 44.0 Å². The Labute approximate surface area is 88.9 Å². The summed E-state index contributed by atoms with van der Waals surface area (Å²) in [6, 6.07) is 4.01. The zero-order chi connectivity index (χ0) is 10.5. The number of hydrogen-bond donors (Lipinski definition) is 1. The molecule has 0 aliphatic carbocycles. The van der Waals surface area contributed by atoms with Crippen molar-refractivity contribution in [2.75, 3.05) is 6.54 Å². The van der Waals surface area contributed by atoms with Crippen LogP contribution in [0.3, 0.4) is 0 Å². The molecule has 4 heteroatoms. The van der Waals surface area contributed by atoms with Crippen LogP contribution in [0, 0.1) is 0 Å². The first-order valence-electron chi connectivity index (χ1n) is 5.05.